The van der Waals surface area contributed by atoms with Crippen molar-refractivity contribution < 1.29 is 9.53 Å². The Morgan fingerprint density at radius 1 is 1.64 bits per heavy atom. The van der Waals surface area contributed by atoms with Crippen molar-refractivity contribution in [2.24, 2.45) is 0 Å². The number of rotatable bonds is 7. The number of methoxy groups -OCH3 is 1. The van der Waals surface area contributed by atoms with Crippen LogP contribution >= 0.6 is 15.9 Å². The minimum Gasteiger partial charge on any atom is -0.383 e. The smallest absolute Gasteiger partial charge is 0.236 e. The molecule has 0 rings (SSSR count). The van der Waals surface area contributed by atoms with E-state index in [4.69, 9.17) is 4.74 Å². The minimum absolute atomic E-state index is 0.0317. The van der Waals surface area contributed by atoms with Crippen LogP contribution < -0.4 is 10.6 Å². The number of ether oxygens (including phenoxy) is 1. The molecule has 1 amide bonds. The van der Waals surface area contributed by atoms with Gasteiger partial charge in [-0.1, -0.05) is 22.5 Å². The summed E-state index contributed by atoms with van der Waals surface area (Å²) >= 11 is 3.21. The van der Waals surface area contributed by atoms with Crippen LogP contribution in [0, 0.1) is 0 Å². The summed E-state index contributed by atoms with van der Waals surface area (Å²) in [6.45, 7) is 7.12. The number of hydrogen-bond donors (Lipinski definition) is 2. The predicted molar refractivity (Wildman–Crippen MR) is 60.4 cm³/mol. The second kappa shape index (κ2) is 7.96. The monoisotopic (exact) mass is 264 g/mol. The number of hydrogen-bond acceptors (Lipinski definition) is 3. The van der Waals surface area contributed by atoms with E-state index in [-0.39, 0.29) is 11.9 Å². The highest BCUT2D eigenvalue weighted by atomic mass is 79.9. The van der Waals surface area contributed by atoms with Crippen molar-refractivity contribution in [2.75, 3.05) is 26.8 Å². The lowest BCUT2D eigenvalue weighted by Crippen LogP contribution is -2.43. The van der Waals surface area contributed by atoms with Crippen LogP contribution in [-0.2, 0) is 9.53 Å². The van der Waals surface area contributed by atoms with Gasteiger partial charge in [0.25, 0.3) is 0 Å². The van der Waals surface area contributed by atoms with Gasteiger partial charge in [0.15, 0.2) is 0 Å². The van der Waals surface area contributed by atoms with E-state index < -0.39 is 0 Å². The first-order valence-corrected chi connectivity index (χ1v) is 5.20. The van der Waals surface area contributed by atoms with E-state index >= 15 is 0 Å². The normalized spacial score (nSPS) is 12.2. The van der Waals surface area contributed by atoms with Gasteiger partial charge in [-0.2, -0.15) is 0 Å². The van der Waals surface area contributed by atoms with Crippen LogP contribution in [0.15, 0.2) is 11.1 Å². The van der Waals surface area contributed by atoms with E-state index in [0.717, 1.165) is 4.48 Å². The molecule has 0 aliphatic carbocycles. The fourth-order valence-electron chi connectivity index (χ4n) is 0.786. The number of carbonyl (C=O) groups excluding carboxylic acids is 1. The van der Waals surface area contributed by atoms with Crippen molar-refractivity contribution in [3.63, 3.8) is 0 Å². The highest BCUT2D eigenvalue weighted by Crippen LogP contribution is 1.97. The van der Waals surface area contributed by atoms with E-state index in [9.17, 15) is 4.79 Å². The maximum absolute atomic E-state index is 11.4. The summed E-state index contributed by atoms with van der Waals surface area (Å²) in [7, 11) is 1.60. The molecule has 0 heterocycles. The second-order valence-electron chi connectivity index (χ2n) is 2.90. The number of carbonyl (C=O) groups is 1. The average molecular weight is 265 g/mol. The van der Waals surface area contributed by atoms with Crippen LogP contribution in [0.3, 0.4) is 0 Å². The number of nitrogens with one attached hydrogen (secondary N) is 2. The molecule has 0 saturated heterocycles. The summed E-state index contributed by atoms with van der Waals surface area (Å²) < 4.78 is 5.64. The molecule has 4 nitrogen and oxygen atoms in total. The molecule has 5 heteroatoms. The molecule has 1 atom stereocenters. The number of halogens is 1. The molecule has 2 N–H and O–H groups in total. The maximum atomic E-state index is 11.4. The van der Waals surface area contributed by atoms with Crippen molar-refractivity contribution in [2.45, 2.75) is 13.0 Å². The van der Waals surface area contributed by atoms with Gasteiger partial charge in [0.2, 0.25) is 5.91 Å². The Morgan fingerprint density at radius 3 is 2.79 bits per heavy atom. The van der Waals surface area contributed by atoms with Crippen LogP contribution in [0.25, 0.3) is 0 Å². The van der Waals surface area contributed by atoms with Crippen molar-refractivity contribution in [1.29, 1.82) is 0 Å². The molecular formula is C9H17BrN2O2. The standard InChI is InChI=1S/C9H17BrN2O2/c1-7(10)6-12-8(2)9(13)11-4-5-14-3/h8,12H,1,4-6H2,2-3H3,(H,11,13). The van der Waals surface area contributed by atoms with Crippen LogP contribution in [-0.4, -0.2) is 38.8 Å². The van der Waals surface area contributed by atoms with E-state index in [1.54, 1.807) is 14.0 Å². The Labute approximate surface area is 93.2 Å². The Balaban J connectivity index is 3.59. The van der Waals surface area contributed by atoms with Gasteiger partial charge in [0.05, 0.1) is 12.6 Å². The Hall–Kier alpha value is -0.390. The van der Waals surface area contributed by atoms with Gasteiger partial charge in [0.1, 0.15) is 0 Å². The van der Waals surface area contributed by atoms with Crippen molar-refractivity contribution in [3.8, 4) is 0 Å². The molecule has 0 spiro atoms. The van der Waals surface area contributed by atoms with Gasteiger partial charge in [0, 0.05) is 24.7 Å². The molecule has 1 unspecified atom stereocenters. The average Bonchev–Trinajstić information content (AvgIpc) is 2.14. The number of amides is 1. The van der Waals surface area contributed by atoms with Gasteiger partial charge >= 0.3 is 0 Å². The largest absolute Gasteiger partial charge is 0.383 e. The van der Waals surface area contributed by atoms with Crippen LogP contribution in [0.5, 0.6) is 0 Å². The van der Waals surface area contributed by atoms with Crippen LogP contribution in [0.1, 0.15) is 6.92 Å². The van der Waals surface area contributed by atoms with Gasteiger partial charge in [-0.25, -0.2) is 0 Å². The molecule has 0 aromatic rings. The molecule has 0 aromatic carbocycles. The Kier molecular flexibility index (Phi) is 7.74. The SMILES string of the molecule is C=C(Br)CNC(C)C(=O)NCCOC. The zero-order valence-corrected chi connectivity index (χ0v) is 10.2. The van der Waals surface area contributed by atoms with E-state index in [0.29, 0.717) is 19.7 Å². The van der Waals surface area contributed by atoms with Gasteiger partial charge in [-0.15, -0.1) is 0 Å². The molecule has 0 fully saturated rings. The van der Waals surface area contributed by atoms with Gasteiger partial charge < -0.3 is 15.4 Å². The summed E-state index contributed by atoms with van der Waals surface area (Å²) in [4.78, 5) is 11.4. The van der Waals surface area contributed by atoms with E-state index in [2.05, 4.69) is 33.1 Å². The first-order chi connectivity index (χ1) is 6.57. The first-order valence-electron chi connectivity index (χ1n) is 4.41. The third-order valence-electron chi connectivity index (χ3n) is 1.60. The zero-order chi connectivity index (χ0) is 11.0. The van der Waals surface area contributed by atoms with Crippen LogP contribution in [0.4, 0.5) is 0 Å². The molecule has 0 bridgehead atoms. The van der Waals surface area contributed by atoms with Crippen LogP contribution in [0.2, 0.25) is 0 Å². The summed E-state index contributed by atoms with van der Waals surface area (Å²) in [5, 5.41) is 5.75. The molecule has 0 radical (unpaired) electrons. The molecule has 14 heavy (non-hydrogen) atoms. The fourth-order valence-corrected chi connectivity index (χ4v) is 0.948. The molecule has 82 valence electrons. The van der Waals surface area contributed by atoms with E-state index in [1.165, 1.54) is 0 Å². The minimum atomic E-state index is -0.221. The molecule has 0 aliphatic heterocycles. The van der Waals surface area contributed by atoms with Gasteiger partial charge in [-0.3, -0.25) is 4.79 Å². The van der Waals surface area contributed by atoms with Crippen molar-refractivity contribution in [3.05, 3.63) is 11.1 Å². The quantitative estimate of drug-likeness (QED) is 0.664. The lowest BCUT2D eigenvalue weighted by molar-refractivity contribution is -0.122. The molecule has 0 saturated carbocycles. The molecule has 0 aliphatic rings. The summed E-state index contributed by atoms with van der Waals surface area (Å²) in [6.07, 6.45) is 0. The maximum Gasteiger partial charge on any atom is 0.236 e. The lowest BCUT2D eigenvalue weighted by atomic mass is 10.3. The molecular weight excluding hydrogens is 248 g/mol. The fraction of sp³-hybridized carbons (Fsp3) is 0.667. The van der Waals surface area contributed by atoms with E-state index in [1.807, 2.05) is 0 Å². The van der Waals surface area contributed by atoms with Crippen molar-refractivity contribution in [1.82, 2.24) is 10.6 Å². The first kappa shape index (κ1) is 13.6. The lowest BCUT2D eigenvalue weighted by Gasteiger charge is -2.13. The third-order valence-corrected chi connectivity index (χ3v) is 1.88. The summed E-state index contributed by atoms with van der Waals surface area (Å²) in [6, 6.07) is -0.221. The topological polar surface area (TPSA) is 50.4 Å². The summed E-state index contributed by atoms with van der Waals surface area (Å²) in [5.74, 6) is -0.0317. The van der Waals surface area contributed by atoms with Gasteiger partial charge in [-0.05, 0) is 6.92 Å². The Bertz CT molecular complexity index is 197. The zero-order valence-electron chi connectivity index (χ0n) is 8.60. The predicted octanol–water partition coefficient (Wildman–Crippen LogP) is 0.636. The second-order valence-corrected chi connectivity index (χ2v) is 4.03. The summed E-state index contributed by atoms with van der Waals surface area (Å²) in [5.41, 5.74) is 0. The Morgan fingerprint density at radius 2 is 2.29 bits per heavy atom. The molecule has 0 aromatic heterocycles. The highest BCUT2D eigenvalue weighted by molar-refractivity contribution is 9.11. The highest BCUT2D eigenvalue weighted by Gasteiger charge is 2.10. The third kappa shape index (κ3) is 7.06. The van der Waals surface area contributed by atoms with Crippen molar-refractivity contribution >= 4 is 21.8 Å².